The molecule has 0 spiro atoms. The van der Waals surface area contributed by atoms with Crippen LogP contribution in [0.3, 0.4) is 0 Å². The third-order valence-electron chi connectivity index (χ3n) is 5.54. The molecule has 1 saturated carbocycles. The summed E-state index contributed by atoms with van der Waals surface area (Å²) in [5, 5.41) is 6.25. The quantitative estimate of drug-likeness (QED) is 0.829. The van der Waals surface area contributed by atoms with E-state index < -0.39 is 5.60 Å². The lowest BCUT2D eigenvalue weighted by Crippen LogP contribution is -2.51. The smallest absolute Gasteiger partial charge is 0.256 e. The molecule has 1 aliphatic heterocycles. The molecule has 0 aromatic heterocycles. The number of piperidine rings is 1. The number of amides is 1. The molecule has 3 rings (SSSR count). The summed E-state index contributed by atoms with van der Waals surface area (Å²) < 4.78 is 11.5. The molecule has 5 heteroatoms. The molecule has 1 aromatic carbocycles. The SMILES string of the molecule is COC1(C(=O)Nc2ccc(OCC3CCCCC3)cc2)CCNCC1. The fourth-order valence-electron chi connectivity index (χ4n) is 3.80. The summed E-state index contributed by atoms with van der Waals surface area (Å²) in [7, 11) is 1.62. The van der Waals surface area contributed by atoms with Gasteiger partial charge in [-0.05, 0) is 69.0 Å². The van der Waals surface area contributed by atoms with E-state index in [0.717, 1.165) is 31.1 Å². The van der Waals surface area contributed by atoms with Crippen LogP contribution in [0.1, 0.15) is 44.9 Å². The number of hydrogen-bond donors (Lipinski definition) is 2. The molecule has 0 unspecified atom stereocenters. The summed E-state index contributed by atoms with van der Waals surface area (Å²) in [5.41, 5.74) is 0.0616. The van der Waals surface area contributed by atoms with Gasteiger partial charge in [-0.1, -0.05) is 19.3 Å². The third-order valence-corrected chi connectivity index (χ3v) is 5.54. The van der Waals surface area contributed by atoms with E-state index >= 15 is 0 Å². The molecule has 0 atom stereocenters. The molecule has 0 radical (unpaired) electrons. The van der Waals surface area contributed by atoms with E-state index in [9.17, 15) is 4.79 Å². The highest BCUT2D eigenvalue weighted by Crippen LogP contribution is 2.27. The predicted octanol–water partition coefficient (Wildman–Crippen LogP) is 3.35. The van der Waals surface area contributed by atoms with Crippen LogP contribution in [0.5, 0.6) is 5.75 Å². The monoisotopic (exact) mass is 346 g/mol. The van der Waals surface area contributed by atoms with Crippen molar-refractivity contribution in [3.8, 4) is 5.75 Å². The van der Waals surface area contributed by atoms with E-state index in [1.165, 1.54) is 32.1 Å². The number of rotatable bonds is 6. The van der Waals surface area contributed by atoms with E-state index in [1.54, 1.807) is 7.11 Å². The van der Waals surface area contributed by atoms with Gasteiger partial charge < -0.3 is 20.1 Å². The zero-order chi connectivity index (χ0) is 17.5. The molecule has 0 bridgehead atoms. The van der Waals surface area contributed by atoms with E-state index in [1.807, 2.05) is 24.3 Å². The van der Waals surface area contributed by atoms with E-state index in [0.29, 0.717) is 18.8 Å². The van der Waals surface area contributed by atoms with Crippen molar-refractivity contribution in [2.75, 3.05) is 32.1 Å². The Balaban J connectivity index is 1.52. The van der Waals surface area contributed by atoms with Gasteiger partial charge >= 0.3 is 0 Å². The number of carbonyl (C=O) groups is 1. The molecule has 1 saturated heterocycles. The zero-order valence-electron chi connectivity index (χ0n) is 15.2. The summed E-state index contributed by atoms with van der Waals surface area (Å²) in [4.78, 5) is 12.6. The van der Waals surface area contributed by atoms with Crippen LogP contribution in [0.15, 0.2) is 24.3 Å². The largest absolute Gasteiger partial charge is 0.493 e. The Bertz CT molecular complexity index is 547. The van der Waals surface area contributed by atoms with Gasteiger partial charge in [-0.25, -0.2) is 0 Å². The Morgan fingerprint density at radius 2 is 1.84 bits per heavy atom. The molecule has 1 aromatic rings. The van der Waals surface area contributed by atoms with Gasteiger partial charge in [0, 0.05) is 12.8 Å². The van der Waals surface area contributed by atoms with Crippen LogP contribution in [0.4, 0.5) is 5.69 Å². The van der Waals surface area contributed by atoms with Crippen LogP contribution in [0, 0.1) is 5.92 Å². The van der Waals surface area contributed by atoms with Gasteiger partial charge in [0.1, 0.15) is 11.4 Å². The lowest BCUT2D eigenvalue weighted by atomic mass is 9.90. The summed E-state index contributed by atoms with van der Waals surface area (Å²) >= 11 is 0. The highest BCUT2D eigenvalue weighted by molar-refractivity contribution is 5.97. The molecular weight excluding hydrogens is 316 g/mol. The van der Waals surface area contributed by atoms with E-state index in [4.69, 9.17) is 9.47 Å². The maximum Gasteiger partial charge on any atom is 0.256 e. The van der Waals surface area contributed by atoms with Crippen molar-refractivity contribution < 1.29 is 14.3 Å². The van der Waals surface area contributed by atoms with Crippen LogP contribution >= 0.6 is 0 Å². The average Bonchev–Trinajstić information content (AvgIpc) is 2.68. The lowest BCUT2D eigenvalue weighted by Gasteiger charge is -2.34. The number of nitrogens with one attached hydrogen (secondary N) is 2. The molecule has 2 fully saturated rings. The Hall–Kier alpha value is -1.59. The second-order valence-corrected chi connectivity index (χ2v) is 7.24. The minimum atomic E-state index is -0.721. The number of ether oxygens (including phenoxy) is 2. The van der Waals surface area contributed by atoms with Crippen molar-refractivity contribution in [2.45, 2.75) is 50.5 Å². The summed E-state index contributed by atoms with van der Waals surface area (Å²) in [6.45, 7) is 2.40. The number of carbonyl (C=O) groups excluding carboxylic acids is 1. The van der Waals surface area contributed by atoms with Crippen molar-refractivity contribution in [2.24, 2.45) is 5.92 Å². The number of methoxy groups -OCH3 is 1. The highest BCUT2D eigenvalue weighted by Gasteiger charge is 2.39. The number of benzene rings is 1. The van der Waals surface area contributed by atoms with Gasteiger partial charge in [0.15, 0.2) is 0 Å². The molecule has 2 N–H and O–H groups in total. The highest BCUT2D eigenvalue weighted by atomic mass is 16.5. The Morgan fingerprint density at radius 1 is 1.16 bits per heavy atom. The Morgan fingerprint density at radius 3 is 2.48 bits per heavy atom. The zero-order valence-corrected chi connectivity index (χ0v) is 15.2. The third kappa shape index (κ3) is 4.73. The van der Waals surface area contributed by atoms with Gasteiger partial charge in [-0.3, -0.25) is 4.79 Å². The Labute approximate surface area is 150 Å². The molecule has 2 aliphatic rings. The van der Waals surface area contributed by atoms with Crippen molar-refractivity contribution >= 4 is 11.6 Å². The molecule has 138 valence electrons. The fourth-order valence-corrected chi connectivity index (χ4v) is 3.80. The molecule has 1 heterocycles. The summed E-state index contributed by atoms with van der Waals surface area (Å²) in [6.07, 6.45) is 7.97. The number of hydrogen-bond acceptors (Lipinski definition) is 4. The van der Waals surface area contributed by atoms with Crippen molar-refractivity contribution in [3.05, 3.63) is 24.3 Å². The molecule has 5 nitrogen and oxygen atoms in total. The Kier molecular flexibility index (Phi) is 6.32. The summed E-state index contributed by atoms with van der Waals surface area (Å²) in [5.74, 6) is 1.49. The minimum absolute atomic E-state index is 0.0626. The van der Waals surface area contributed by atoms with Gasteiger partial charge in [0.2, 0.25) is 0 Å². The maximum atomic E-state index is 12.6. The van der Waals surface area contributed by atoms with Crippen molar-refractivity contribution in [3.63, 3.8) is 0 Å². The van der Waals surface area contributed by atoms with Crippen LogP contribution in [0.2, 0.25) is 0 Å². The molecular formula is C20H30N2O3. The van der Waals surface area contributed by atoms with Crippen LogP contribution in [0.25, 0.3) is 0 Å². The fraction of sp³-hybridized carbons (Fsp3) is 0.650. The van der Waals surface area contributed by atoms with Crippen molar-refractivity contribution in [1.29, 1.82) is 0 Å². The first-order valence-electron chi connectivity index (χ1n) is 9.52. The lowest BCUT2D eigenvalue weighted by molar-refractivity contribution is -0.140. The minimum Gasteiger partial charge on any atom is -0.493 e. The maximum absolute atomic E-state index is 12.6. The van der Waals surface area contributed by atoms with Gasteiger partial charge in [-0.2, -0.15) is 0 Å². The van der Waals surface area contributed by atoms with Gasteiger partial charge in [-0.15, -0.1) is 0 Å². The predicted molar refractivity (Wildman–Crippen MR) is 99.0 cm³/mol. The molecule has 1 aliphatic carbocycles. The van der Waals surface area contributed by atoms with Gasteiger partial charge in [0.25, 0.3) is 5.91 Å². The van der Waals surface area contributed by atoms with Crippen LogP contribution in [-0.4, -0.2) is 38.3 Å². The van der Waals surface area contributed by atoms with Crippen LogP contribution in [-0.2, 0) is 9.53 Å². The second kappa shape index (κ2) is 8.68. The topological polar surface area (TPSA) is 59.6 Å². The summed E-state index contributed by atoms with van der Waals surface area (Å²) in [6, 6.07) is 7.66. The van der Waals surface area contributed by atoms with E-state index in [-0.39, 0.29) is 5.91 Å². The first kappa shape index (κ1) is 18.2. The average molecular weight is 346 g/mol. The first-order valence-corrected chi connectivity index (χ1v) is 9.52. The molecule has 1 amide bonds. The number of anilines is 1. The van der Waals surface area contributed by atoms with E-state index in [2.05, 4.69) is 10.6 Å². The van der Waals surface area contributed by atoms with Crippen LogP contribution < -0.4 is 15.4 Å². The second-order valence-electron chi connectivity index (χ2n) is 7.24. The van der Waals surface area contributed by atoms with Crippen molar-refractivity contribution in [1.82, 2.24) is 5.32 Å². The first-order chi connectivity index (χ1) is 12.2. The van der Waals surface area contributed by atoms with Gasteiger partial charge in [0.05, 0.1) is 6.61 Å². The normalized spacial score (nSPS) is 20.8. The standard InChI is InChI=1S/C20H30N2O3/c1-24-20(11-13-21-14-12-20)19(23)22-17-7-9-18(10-8-17)25-15-16-5-3-2-4-6-16/h7-10,16,21H,2-6,11-15H2,1H3,(H,22,23). The molecule has 25 heavy (non-hydrogen) atoms.